The quantitative estimate of drug-likeness (QED) is 0.845. The van der Waals surface area contributed by atoms with Crippen molar-refractivity contribution in [3.05, 3.63) is 70.8 Å². The number of benzene rings is 2. The van der Waals surface area contributed by atoms with Crippen molar-refractivity contribution in [2.45, 2.75) is 31.8 Å². The van der Waals surface area contributed by atoms with E-state index in [1.165, 1.54) is 36.0 Å². The summed E-state index contributed by atoms with van der Waals surface area (Å²) in [5.41, 5.74) is 4.98. The van der Waals surface area contributed by atoms with Gasteiger partial charge in [0, 0.05) is 12.6 Å². The van der Waals surface area contributed by atoms with Gasteiger partial charge in [-0.1, -0.05) is 36.4 Å². The third-order valence-corrected chi connectivity index (χ3v) is 4.38. The molecule has 0 unspecified atom stereocenters. The van der Waals surface area contributed by atoms with E-state index < -0.39 is 0 Å². The number of fused-ring (bicyclic) bond motifs is 1. The summed E-state index contributed by atoms with van der Waals surface area (Å²) in [6.07, 6.45) is 3.70. The Bertz CT molecular complexity index is 652. The van der Waals surface area contributed by atoms with Crippen LogP contribution >= 0.6 is 0 Å². The van der Waals surface area contributed by atoms with Crippen LogP contribution in [0.25, 0.3) is 0 Å². The van der Waals surface area contributed by atoms with Crippen molar-refractivity contribution in [3.8, 4) is 6.07 Å². The summed E-state index contributed by atoms with van der Waals surface area (Å²) >= 11 is 0. The van der Waals surface area contributed by atoms with Gasteiger partial charge in [0.05, 0.1) is 11.6 Å². The van der Waals surface area contributed by atoms with Gasteiger partial charge >= 0.3 is 0 Å². The molecule has 0 N–H and O–H groups in total. The Morgan fingerprint density at radius 2 is 1.90 bits per heavy atom. The summed E-state index contributed by atoms with van der Waals surface area (Å²) in [4.78, 5) is 2.43. The minimum Gasteiger partial charge on any atom is -0.295 e. The van der Waals surface area contributed by atoms with E-state index in [1.54, 1.807) is 0 Å². The molecule has 2 nitrogen and oxygen atoms in total. The van der Waals surface area contributed by atoms with Gasteiger partial charge < -0.3 is 0 Å². The van der Waals surface area contributed by atoms with Gasteiger partial charge in [0.15, 0.2) is 0 Å². The van der Waals surface area contributed by atoms with Crippen LogP contribution in [0.2, 0.25) is 0 Å². The maximum absolute atomic E-state index is 8.86. The van der Waals surface area contributed by atoms with Crippen LogP contribution < -0.4 is 0 Å². The van der Waals surface area contributed by atoms with E-state index >= 15 is 0 Å². The first-order valence-electron chi connectivity index (χ1n) is 7.55. The Kier molecular flexibility index (Phi) is 4.03. The molecule has 0 bridgehead atoms. The fraction of sp³-hybridized carbons (Fsp3) is 0.316. The summed E-state index contributed by atoms with van der Waals surface area (Å²) in [5, 5.41) is 8.86. The average Bonchev–Trinajstić information content (AvgIpc) is 2.55. The molecule has 2 aromatic carbocycles. The first-order chi connectivity index (χ1) is 10.3. The van der Waals surface area contributed by atoms with E-state index in [9.17, 15) is 0 Å². The smallest absolute Gasteiger partial charge is 0.0991 e. The molecule has 2 aromatic rings. The van der Waals surface area contributed by atoms with Crippen LogP contribution in [0.3, 0.4) is 0 Å². The lowest BCUT2D eigenvalue weighted by Crippen LogP contribution is -2.27. The zero-order valence-corrected chi connectivity index (χ0v) is 12.4. The summed E-state index contributed by atoms with van der Waals surface area (Å²) in [6.45, 7) is 0.921. The molecule has 0 amide bonds. The number of rotatable bonds is 3. The predicted octanol–water partition coefficient (Wildman–Crippen LogP) is 4.07. The predicted molar refractivity (Wildman–Crippen MR) is 84.7 cm³/mol. The molecule has 0 heterocycles. The molecule has 0 spiro atoms. The summed E-state index contributed by atoms with van der Waals surface area (Å²) in [5.74, 6) is 0. The number of hydrogen-bond donors (Lipinski definition) is 0. The molecule has 1 aliphatic carbocycles. The number of aryl methyl sites for hydroxylation is 1. The molecule has 0 fully saturated rings. The molecule has 2 heteroatoms. The molecule has 0 aromatic heterocycles. The maximum Gasteiger partial charge on any atom is 0.0991 e. The van der Waals surface area contributed by atoms with E-state index in [1.807, 2.05) is 12.1 Å². The van der Waals surface area contributed by atoms with Crippen molar-refractivity contribution >= 4 is 0 Å². The van der Waals surface area contributed by atoms with Crippen molar-refractivity contribution in [2.75, 3.05) is 7.05 Å². The zero-order valence-electron chi connectivity index (χ0n) is 12.4. The highest BCUT2D eigenvalue weighted by Gasteiger charge is 2.23. The molecule has 0 radical (unpaired) electrons. The molecular weight excluding hydrogens is 256 g/mol. The fourth-order valence-corrected chi connectivity index (χ4v) is 3.27. The highest BCUT2D eigenvalue weighted by molar-refractivity contribution is 5.33. The van der Waals surface area contributed by atoms with Crippen molar-refractivity contribution < 1.29 is 0 Å². The van der Waals surface area contributed by atoms with Gasteiger partial charge in [0.1, 0.15) is 0 Å². The minimum atomic E-state index is 0.505. The zero-order chi connectivity index (χ0) is 14.7. The number of nitrogens with zero attached hydrogens (tertiary/aromatic N) is 2. The van der Waals surface area contributed by atoms with Crippen LogP contribution in [-0.4, -0.2) is 11.9 Å². The highest BCUT2D eigenvalue weighted by atomic mass is 15.1. The Hall–Kier alpha value is -2.11. The molecule has 0 saturated heterocycles. The van der Waals surface area contributed by atoms with E-state index in [4.69, 9.17) is 5.26 Å². The SMILES string of the molecule is CN(Cc1ccc(C#N)cc1)[C@H]1CCCc2ccccc21. The highest BCUT2D eigenvalue weighted by Crippen LogP contribution is 2.34. The van der Waals surface area contributed by atoms with Crippen molar-refractivity contribution in [1.29, 1.82) is 5.26 Å². The van der Waals surface area contributed by atoms with Crippen molar-refractivity contribution in [1.82, 2.24) is 4.90 Å². The molecule has 0 aliphatic heterocycles. The Morgan fingerprint density at radius 3 is 2.67 bits per heavy atom. The first kappa shape index (κ1) is 13.9. The molecule has 3 rings (SSSR count). The molecule has 106 valence electrons. The normalized spacial score (nSPS) is 17.3. The lowest BCUT2D eigenvalue weighted by atomic mass is 9.87. The second kappa shape index (κ2) is 6.11. The van der Waals surface area contributed by atoms with Crippen LogP contribution in [-0.2, 0) is 13.0 Å². The van der Waals surface area contributed by atoms with Gasteiger partial charge in [-0.05, 0) is 55.1 Å². The monoisotopic (exact) mass is 276 g/mol. The Morgan fingerprint density at radius 1 is 1.14 bits per heavy atom. The number of nitriles is 1. The Labute approximate surface area is 126 Å². The summed E-state index contributed by atoms with van der Waals surface area (Å²) in [7, 11) is 2.20. The van der Waals surface area contributed by atoms with Crippen molar-refractivity contribution in [2.24, 2.45) is 0 Å². The van der Waals surface area contributed by atoms with Gasteiger partial charge in [0.25, 0.3) is 0 Å². The van der Waals surface area contributed by atoms with Crippen LogP contribution in [0, 0.1) is 11.3 Å². The van der Waals surface area contributed by atoms with E-state index in [-0.39, 0.29) is 0 Å². The largest absolute Gasteiger partial charge is 0.295 e. The lowest BCUT2D eigenvalue weighted by molar-refractivity contribution is 0.213. The van der Waals surface area contributed by atoms with Crippen molar-refractivity contribution in [3.63, 3.8) is 0 Å². The van der Waals surface area contributed by atoms with E-state index in [2.05, 4.69) is 54.4 Å². The second-order valence-electron chi connectivity index (χ2n) is 5.83. The average molecular weight is 276 g/mol. The molecule has 1 atom stereocenters. The van der Waals surface area contributed by atoms with E-state index in [0.29, 0.717) is 6.04 Å². The third kappa shape index (κ3) is 2.99. The standard InChI is InChI=1S/C19H20N2/c1-21(14-16-11-9-15(13-20)10-12-16)19-8-4-6-17-5-2-3-7-18(17)19/h2-3,5,7,9-12,19H,4,6,8,14H2,1H3/t19-/m0/s1. The fourth-order valence-electron chi connectivity index (χ4n) is 3.27. The number of hydrogen-bond acceptors (Lipinski definition) is 2. The maximum atomic E-state index is 8.86. The van der Waals surface area contributed by atoms with Crippen LogP contribution in [0.15, 0.2) is 48.5 Å². The first-order valence-corrected chi connectivity index (χ1v) is 7.55. The van der Waals surface area contributed by atoms with E-state index in [0.717, 1.165) is 12.1 Å². The molecule has 0 saturated carbocycles. The van der Waals surface area contributed by atoms with Crippen LogP contribution in [0.5, 0.6) is 0 Å². The molecule has 1 aliphatic rings. The summed E-state index contributed by atoms with van der Waals surface area (Å²) in [6, 6.07) is 19.4. The van der Waals surface area contributed by atoms with Gasteiger partial charge in [-0.15, -0.1) is 0 Å². The lowest BCUT2D eigenvalue weighted by Gasteiger charge is -2.33. The third-order valence-electron chi connectivity index (χ3n) is 4.38. The van der Waals surface area contributed by atoms with Gasteiger partial charge in [-0.25, -0.2) is 0 Å². The molecular formula is C19H20N2. The topological polar surface area (TPSA) is 27.0 Å². The Balaban J connectivity index is 1.76. The van der Waals surface area contributed by atoms with Gasteiger partial charge in [0.2, 0.25) is 0 Å². The van der Waals surface area contributed by atoms with Crippen LogP contribution in [0.4, 0.5) is 0 Å². The van der Waals surface area contributed by atoms with Gasteiger partial charge in [-0.2, -0.15) is 5.26 Å². The minimum absolute atomic E-state index is 0.505. The van der Waals surface area contributed by atoms with Crippen LogP contribution in [0.1, 0.15) is 41.1 Å². The molecule has 21 heavy (non-hydrogen) atoms. The summed E-state index contributed by atoms with van der Waals surface area (Å²) < 4.78 is 0. The second-order valence-corrected chi connectivity index (χ2v) is 5.83. The van der Waals surface area contributed by atoms with Gasteiger partial charge in [-0.3, -0.25) is 4.90 Å².